The maximum Gasteiger partial charge on any atom is 0.182 e. The van der Waals surface area contributed by atoms with Gasteiger partial charge in [-0.25, -0.2) is 9.97 Å². The molecular weight excluding hydrogens is 645 g/mol. The number of nitrogens with zero attached hydrogens (tertiary/aromatic N) is 2. The Morgan fingerprint density at radius 2 is 0.923 bits per heavy atom. The Hall–Kier alpha value is -6.42. The fourth-order valence-corrected chi connectivity index (χ4v) is 14.8. The van der Waals surface area contributed by atoms with Gasteiger partial charge < -0.3 is 0 Å². The summed E-state index contributed by atoms with van der Waals surface area (Å²) < 4.78 is 0. The number of hydrogen-bond donors (Lipinski definition) is 0. The highest BCUT2D eigenvalue weighted by atomic mass is 28.3. The molecule has 1 aliphatic carbocycles. The third kappa shape index (κ3) is 4.11. The van der Waals surface area contributed by atoms with Crippen molar-refractivity contribution in [1.29, 1.82) is 0 Å². The summed E-state index contributed by atoms with van der Waals surface area (Å²) in [6.07, 6.45) is 0.848. The quantitative estimate of drug-likeness (QED) is 0.174. The molecule has 0 bridgehead atoms. The second-order valence-corrected chi connectivity index (χ2v) is 17.7. The van der Waals surface area contributed by atoms with E-state index in [1.807, 2.05) is 0 Å². The minimum absolute atomic E-state index is 0.763. The van der Waals surface area contributed by atoms with Crippen molar-refractivity contribution >= 4 is 50.4 Å². The summed E-state index contributed by atoms with van der Waals surface area (Å²) >= 11 is 0. The molecular formula is C49H32N2Si. The monoisotopic (exact) mass is 676 g/mol. The van der Waals surface area contributed by atoms with Crippen molar-refractivity contribution in [3.8, 4) is 45.0 Å². The van der Waals surface area contributed by atoms with E-state index in [-0.39, 0.29) is 0 Å². The van der Waals surface area contributed by atoms with E-state index in [9.17, 15) is 0 Å². The number of benzene rings is 8. The van der Waals surface area contributed by atoms with Crippen molar-refractivity contribution in [1.82, 2.24) is 9.97 Å². The van der Waals surface area contributed by atoms with E-state index in [0.717, 1.165) is 34.8 Å². The van der Waals surface area contributed by atoms with Gasteiger partial charge in [0.1, 0.15) is 0 Å². The molecule has 8 aromatic carbocycles. The molecule has 0 saturated heterocycles. The van der Waals surface area contributed by atoms with Crippen LogP contribution in [0.25, 0.3) is 66.6 Å². The molecule has 2 nitrogen and oxygen atoms in total. The molecule has 1 aliphatic heterocycles. The molecule has 0 saturated carbocycles. The minimum atomic E-state index is -2.85. The number of aromatic nitrogens is 2. The van der Waals surface area contributed by atoms with Crippen LogP contribution in [0.5, 0.6) is 0 Å². The van der Waals surface area contributed by atoms with E-state index in [1.165, 1.54) is 70.1 Å². The van der Waals surface area contributed by atoms with Crippen LogP contribution in [0, 0.1) is 0 Å². The largest absolute Gasteiger partial charge is 0.228 e. The maximum atomic E-state index is 5.32. The molecule has 0 N–H and O–H groups in total. The maximum absolute atomic E-state index is 5.32. The molecule has 52 heavy (non-hydrogen) atoms. The SMILES string of the molecule is c1ccc(-c2nc(-c3ccc([Si]4(c5ccccc5)c5c(ccc6ccccc56)-c5ccc6ccccc6c54)cc3)nc3c2Cc2ccccc2-3)cc1. The Labute approximate surface area is 303 Å². The zero-order chi connectivity index (χ0) is 34.2. The summed E-state index contributed by atoms with van der Waals surface area (Å²) in [6.45, 7) is 0. The molecule has 242 valence electrons. The molecule has 0 unspecified atom stereocenters. The average molecular weight is 677 g/mol. The smallest absolute Gasteiger partial charge is 0.182 e. The zero-order valence-corrected chi connectivity index (χ0v) is 29.4. The molecule has 11 rings (SSSR count). The van der Waals surface area contributed by atoms with Gasteiger partial charge in [-0.05, 0) is 59.0 Å². The lowest BCUT2D eigenvalue weighted by molar-refractivity contribution is 1.13. The van der Waals surface area contributed by atoms with Crippen LogP contribution in [-0.2, 0) is 6.42 Å². The van der Waals surface area contributed by atoms with Gasteiger partial charge >= 0.3 is 0 Å². The minimum Gasteiger partial charge on any atom is -0.228 e. The summed E-state index contributed by atoms with van der Waals surface area (Å²) in [4.78, 5) is 10.6. The van der Waals surface area contributed by atoms with Gasteiger partial charge in [0, 0.05) is 28.7 Å². The molecule has 0 spiro atoms. The van der Waals surface area contributed by atoms with Crippen molar-refractivity contribution in [3.05, 3.63) is 193 Å². The van der Waals surface area contributed by atoms with Gasteiger partial charge in [0.25, 0.3) is 0 Å². The van der Waals surface area contributed by atoms with Crippen LogP contribution in [0.4, 0.5) is 0 Å². The van der Waals surface area contributed by atoms with E-state index < -0.39 is 8.07 Å². The Balaban J connectivity index is 1.18. The van der Waals surface area contributed by atoms with Crippen molar-refractivity contribution in [2.75, 3.05) is 0 Å². The molecule has 2 aliphatic rings. The molecule has 3 heteroatoms. The lowest BCUT2D eigenvalue weighted by Gasteiger charge is -2.33. The highest BCUT2D eigenvalue weighted by Gasteiger charge is 2.50. The standard InChI is InChI=1S/C49H32N2Si/c1-3-15-34(16-4-1)45-44-31-36-17-9-10-20-39(36)46(44)51-49(50-45)35-23-27-38(28-24-35)52(37-18-5-2-6-19-37)47-40-21-11-7-13-32(40)25-29-42(47)43-30-26-33-14-8-12-22-41(33)48(43)52/h1-30H,31H2. The third-order valence-electron chi connectivity index (χ3n) is 11.4. The van der Waals surface area contributed by atoms with Crippen molar-refractivity contribution < 1.29 is 0 Å². The molecule has 1 aromatic heterocycles. The third-order valence-corrected chi connectivity index (χ3v) is 16.4. The predicted molar refractivity (Wildman–Crippen MR) is 219 cm³/mol. The first-order valence-electron chi connectivity index (χ1n) is 18.0. The average Bonchev–Trinajstić information content (AvgIpc) is 3.76. The van der Waals surface area contributed by atoms with Gasteiger partial charge in [0.15, 0.2) is 13.9 Å². The van der Waals surface area contributed by atoms with E-state index in [0.29, 0.717) is 0 Å². The topological polar surface area (TPSA) is 25.8 Å². The second-order valence-electron chi connectivity index (χ2n) is 14.0. The van der Waals surface area contributed by atoms with E-state index in [2.05, 4.69) is 182 Å². The molecule has 0 radical (unpaired) electrons. The highest BCUT2D eigenvalue weighted by molar-refractivity contribution is 7.24. The van der Waals surface area contributed by atoms with Crippen LogP contribution in [0.3, 0.4) is 0 Å². The summed E-state index contributed by atoms with van der Waals surface area (Å²) in [6, 6.07) is 67.2. The summed E-state index contributed by atoms with van der Waals surface area (Å²) in [5.74, 6) is 0.763. The fourth-order valence-electron chi connectivity index (χ4n) is 9.16. The van der Waals surface area contributed by atoms with E-state index in [1.54, 1.807) is 0 Å². The van der Waals surface area contributed by atoms with Crippen molar-refractivity contribution in [2.45, 2.75) is 6.42 Å². The normalized spacial score (nSPS) is 13.5. The van der Waals surface area contributed by atoms with Crippen LogP contribution in [-0.4, -0.2) is 18.0 Å². The lowest BCUT2D eigenvalue weighted by atomic mass is 9.99. The number of hydrogen-bond acceptors (Lipinski definition) is 2. The molecule has 2 heterocycles. The highest BCUT2D eigenvalue weighted by Crippen LogP contribution is 2.41. The first-order chi connectivity index (χ1) is 25.8. The van der Waals surface area contributed by atoms with E-state index in [4.69, 9.17) is 9.97 Å². The van der Waals surface area contributed by atoms with Gasteiger partial charge in [-0.1, -0.05) is 182 Å². The first-order valence-corrected chi connectivity index (χ1v) is 20.0. The van der Waals surface area contributed by atoms with Crippen LogP contribution in [0.2, 0.25) is 0 Å². The Morgan fingerprint density at radius 1 is 0.385 bits per heavy atom. The van der Waals surface area contributed by atoms with Crippen LogP contribution >= 0.6 is 0 Å². The first kappa shape index (κ1) is 29.3. The lowest BCUT2D eigenvalue weighted by Crippen LogP contribution is -2.73. The van der Waals surface area contributed by atoms with Gasteiger partial charge in [-0.15, -0.1) is 0 Å². The summed E-state index contributed by atoms with van der Waals surface area (Å²) in [5.41, 5.74) is 10.7. The van der Waals surface area contributed by atoms with Crippen LogP contribution in [0.1, 0.15) is 11.1 Å². The number of fused-ring (bicyclic) bond motifs is 10. The van der Waals surface area contributed by atoms with Gasteiger partial charge in [-0.2, -0.15) is 0 Å². The van der Waals surface area contributed by atoms with E-state index >= 15 is 0 Å². The van der Waals surface area contributed by atoms with Crippen LogP contribution in [0.15, 0.2) is 182 Å². The molecule has 0 atom stereocenters. The Kier molecular flexibility index (Phi) is 6.37. The van der Waals surface area contributed by atoms with Gasteiger partial charge in [0.05, 0.1) is 11.4 Å². The van der Waals surface area contributed by atoms with Crippen LogP contribution < -0.4 is 20.7 Å². The molecule has 9 aromatic rings. The van der Waals surface area contributed by atoms with Crippen molar-refractivity contribution in [2.24, 2.45) is 0 Å². The summed E-state index contributed by atoms with van der Waals surface area (Å²) in [5, 5.41) is 11.0. The molecule has 0 amide bonds. The Bertz CT molecular complexity index is 2780. The van der Waals surface area contributed by atoms with Gasteiger partial charge in [0.2, 0.25) is 0 Å². The van der Waals surface area contributed by atoms with Gasteiger partial charge in [-0.3, -0.25) is 0 Å². The zero-order valence-electron chi connectivity index (χ0n) is 28.4. The molecule has 0 fully saturated rings. The second kappa shape index (κ2) is 11.3. The van der Waals surface area contributed by atoms with Crippen molar-refractivity contribution in [3.63, 3.8) is 0 Å². The Morgan fingerprint density at radius 3 is 1.60 bits per heavy atom. The number of rotatable bonds is 4. The summed E-state index contributed by atoms with van der Waals surface area (Å²) in [7, 11) is -2.85. The fraction of sp³-hybridized carbons (Fsp3) is 0.0204. The predicted octanol–water partition coefficient (Wildman–Crippen LogP) is 9.05.